The third kappa shape index (κ3) is 4.59. The van der Waals surface area contributed by atoms with E-state index in [0.29, 0.717) is 10.6 Å². The van der Waals surface area contributed by atoms with Gasteiger partial charge in [0.1, 0.15) is 5.69 Å². The van der Waals surface area contributed by atoms with Crippen molar-refractivity contribution in [2.75, 3.05) is 13.1 Å². The number of hydrogen-bond acceptors (Lipinski definition) is 1. The van der Waals surface area contributed by atoms with Crippen LogP contribution in [0.1, 0.15) is 17.0 Å². The lowest BCUT2D eigenvalue weighted by Gasteiger charge is -2.38. The minimum atomic E-state index is -4.77. The number of aromatic nitrogens is 1. The molecule has 1 aromatic heterocycles. The van der Waals surface area contributed by atoms with Crippen molar-refractivity contribution < 1.29 is 26.7 Å². The molecule has 0 aliphatic carbocycles. The highest BCUT2D eigenvalue weighted by atomic mass is 35.5. The van der Waals surface area contributed by atoms with E-state index in [0.717, 1.165) is 9.47 Å². The summed E-state index contributed by atoms with van der Waals surface area (Å²) in [6.45, 7) is -0.199. The molecule has 0 bridgehead atoms. The number of carbonyl (C=O) groups excluding carboxylic acids is 1. The van der Waals surface area contributed by atoms with Gasteiger partial charge >= 0.3 is 6.18 Å². The Kier molecular flexibility index (Phi) is 5.95. The summed E-state index contributed by atoms with van der Waals surface area (Å²) >= 11 is 12.0. The fourth-order valence-electron chi connectivity index (χ4n) is 4.10. The number of benzene rings is 2. The normalized spacial score (nSPS) is 15.5. The number of alkyl halides is 5. The molecular formula is C23H17Cl2F5N2O. The van der Waals surface area contributed by atoms with Crippen LogP contribution in [0.5, 0.6) is 0 Å². The van der Waals surface area contributed by atoms with Gasteiger partial charge in [0.15, 0.2) is 0 Å². The van der Waals surface area contributed by atoms with Crippen molar-refractivity contribution in [3.63, 3.8) is 0 Å². The molecule has 0 spiro atoms. The van der Waals surface area contributed by atoms with Gasteiger partial charge in [0.05, 0.1) is 19.5 Å². The van der Waals surface area contributed by atoms with E-state index in [1.54, 1.807) is 12.1 Å². The van der Waals surface area contributed by atoms with Crippen LogP contribution in [-0.2, 0) is 17.4 Å². The monoisotopic (exact) mass is 502 g/mol. The van der Waals surface area contributed by atoms with E-state index >= 15 is 0 Å². The number of nitrogens with zero attached hydrogens (tertiary/aromatic N) is 2. The molecule has 4 rings (SSSR count). The van der Waals surface area contributed by atoms with E-state index in [4.69, 9.17) is 23.2 Å². The van der Waals surface area contributed by atoms with Crippen LogP contribution in [-0.4, -0.2) is 34.4 Å². The summed E-state index contributed by atoms with van der Waals surface area (Å²) in [7, 11) is 0. The maximum atomic E-state index is 14.3. The Morgan fingerprint density at radius 2 is 1.67 bits per heavy atom. The molecule has 1 amide bonds. The van der Waals surface area contributed by atoms with Crippen molar-refractivity contribution in [2.45, 2.75) is 25.4 Å². The number of hydrogen-bond donors (Lipinski definition) is 0. The summed E-state index contributed by atoms with van der Waals surface area (Å²) in [5, 5.41) is 0.599. The Balaban J connectivity index is 1.95. The summed E-state index contributed by atoms with van der Waals surface area (Å²) in [5.74, 6) is -3.68. The molecule has 3 aromatic rings. The molecule has 0 N–H and O–H groups in total. The van der Waals surface area contributed by atoms with Crippen LogP contribution in [0.2, 0.25) is 10.0 Å². The first-order chi connectivity index (χ1) is 15.4. The molecule has 2 aromatic carbocycles. The number of halogens is 7. The van der Waals surface area contributed by atoms with Crippen molar-refractivity contribution in [2.24, 2.45) is 0 Å². The Hall–Kier alpha value is -2.58. The van der Waals surface area contributed by atoms with Gasteiger partial charge < -0.3 is 9.47 Å². The topological polar surface area (TPSA) is 25.2 Å². The molecule has 1 saturated heterocycles. The molecule has 0 saturated carbocycles. The van der Waals surface area contributed by atoms with Gasteiger partial charge in [-0.15, -0.1) is 0 Å². The van der Waals surface area contributed by atoms with E-state index in [1.807, 2.05) is 0 Å². The van der Waals surface area contributed by atoms with E-state index in [2.05, 4.69) is 0 Å². The Morgan fingerprint density at radius 1 is 1.03 bits per heavy atom. The number of rotatable bonds is 4. The van der Waals surface area contributed by atoms with Gasteiger partial charge in [-0.2, -0.15) is 13.2 Å². The van der Waals surface area contributed by atoms with E-state index in [9.17, 15) is 26.7 Å². The van der Waals surface area contributed by atoms with Crippen LogP contribution in [0.15, 0.2) is 48.5 Å². The van der Waals surface area contributed by atoms with Crippen LogP contribution in [0.25, 0.3) is 16.8 Å². The van der Waals surface area contributed by atoms with Crippen molar-refractivity contribution in [1.82, 2.24) is 9.47 Å². The summed E-state index contributed by atoms with van der Waals surface area (Å²) in [6, 6.07) is 12.0. The first kappa shape index (κ1) is 23.6. The number of amides is 1. The van der Waals surface area contributed by atoms with Crippen LogP contribution in [0.4, 0.5) is 22.0 Å². The molecule has 0 radical (unpaired) electrons. The number of carbonyl (C=O) groups is 1. The fraction of sp³-hybridized carbons (Fsp3) is 0.261. The summed E-state index contributed by atoms with van der Waals surface area (Å²) < 4.78 is 70.4. The second kappa shape index (κ2) is 8.33. The van der Waals surface area contributed by atoms with Gasteiger partial charge in [0.25, 0.3) is 5.92 Å². The van der Waals surface area contributed by atoms with Crippen molar-refractivity contribution >= 4 is 29.1 Å². The van der Waals surface area contributed by atoms with Gasteiger partial charge in [-0.1, -0.05) is 41.4 Å². The zero-order valence-corrected chi connectivity index (χ0v) is 18.7. The first-order valence-electron chi connectivity index (χ1n) is 9.86. The van der Waals surface area contributed by atoms with Gasteiger partial charge in [0, 0.05) is 27.0 Å². The smallest absolute Gasteiger partial charge is 0.330 e. The van der Waals surface area contributed by atoms with Crippen LogP contribution < -0.4 is 0 Å². The second-order valence-corrected chi connectivity index (χ2v) is 8.77. The lowest BCUT2D eigenvalue weighted by atomic mass is 9.99. The highest BCUT2D eigenvalue weighted by Crippen LogP contribution is 2.43. The largest absolute Gasteiger partial charge is 0.432 e. The quantitative estimate of drug-likeness (QED) is 0.360. The molecule has 2 heterocycles. The summed E-state index contributed by atoms with van der Waals surface area (Å²) in [4.78, 5) is 13.7. The minimum absolute atomic E-state index is 0.0321. The van der Waals surface area contributed by atoms with E-state index in [1.165, 1.54) is 43.3 Å². The van der Waals surface area contributed by atoms with E-state index < -0.39 is 43.2 Å². The zero-order chi connectivity index (χ0) is 24.1. The van der Waals surface area contributed by atoms with Gasteiger partial charge in [0.2, 0.25) is 5.91 Å². The third-order valence-electron chi connectivity index (χ3n) is 5.50. The molecular weight excluding hydrogens is 486 g/mol. The molecule has 1 aliphatic rings. The van der Waals surface area contributed by atoms with E-state index in [-0.39, 0.29) is 27.5 Å². The molecule has 1 aliphatic heterocycles. The molecule has 10 heteroatoms. The van der Waals surface area contributed by atoms with Gasteiger partial charge in [-0.3, -0.25) is 4.79 Å². The lowest BCUT2D eigenvalue weighted by Crippen LogP contribution is -2.58. The first-order valence-corrected chi connectivity index (χ1v) is 10.6. The molecule has 3 nitrogen and oxygen atoms in total. The predicted molar refractivity (Wildman–Crippen MR) is 116 cm³/mol. The summed E-state index contributed by atoms with van der Waals surface area (Å²) in [5.41, 5.74) is -0.313. The van der Waals surface area contributed by atoms with Gasteiger partial charge in [-0.25, -0.2) is 8.78 Å². The zero-order valence-electron chi connectivity index (χ0n) is 17.2. The lowest BCUT2D eigenvalue weighted by molar-refractivity contribution is -0.165. The summed E-state index contributed by atoms with van der Waals surface area (Å²) in [6.07, 6.45) is -5.27. The van der Waals surface area contributed by atoms with Crippen molar-refractivity contribution in [3.05, 3.63) is 75.5 Å². The Morgan fingerprint density at radius 3 is 2.21 bits per heavy atom. The standard InChI is InChI=1S/C23H17Cl2F5N2O/c1-13-20(14-5-7-15(24)8-6-14)18(10-19(33)31-11-22(26,27)12-31)32(21(13)23(28,29)30)17-4-2-3-16(25)9-17/h2-9H,10-12H2,1H3. The Bertz CT molecular complexity index is 1210. The second-order valence-electron chi connectivity index (χ2n) is 7.90. The SMILES string of the molecule is Cc1c(-c2ccc(Cl)cc2)c(CC(=O)N2CC(F)(F)C2)n(-c2cccc(Cl)c2)c1C(F)(F)F. The molecule has 0 unspecified atom stereocenters. The number of likely N-dealkylation sites (tertiary alicyclic amines) is 1. The van der Waals surface area contributed by atoms with Crippen LogP contribution >= 0.6 is 23.2 Å². The highest BCUT2D eigenvalue weighted by Gasteiger charge is 2.47. The average Bonchev–Trinajstić information content (AvgIpc) is 2.99. The molecule has 0 atom stereocenters. The average molecular weight is 503 g/mol. The molecule has 1 fully saturated rings. The molecule has 174 valence electrons. The maximum absolute atomic E-state index is 14.3. The van der Waals surface area contributed by atoms with Crippen molar-refractivity contribution in [3.8, 4) is 16.8 Å². The van der Waals surface area contributed by atoms with Crippen molar-refractivity contribution in [1.29, 1.82) is 0 Å². The minimum Gasteiger partial charge on any atom is -0.330 e. The van der Waals surface area contributed by atoms with Crippen LogP contribution in [0, 0.1) is 6.92 Å². The predicted octanol–water partition coefficient (Wildman–Crippen LogP) is 6.80. The van der Waals surface area contributed by atoms with Crippen LogP contribution in [0.3, 0.4) is 0 Å². The Labute approximate surface area is 196 Å². The molecule has 33 heavy (non-hydrogen) atoms. The maximum Gasteiger partial charge on any atom is 0.432 e. The highest BCUT2D eigenvalue weighted by molar-refractivity contribution is 6.31. The third-order valence-corrected chi connectivity index (χ3v) is 5.98. The fourth-order valence-corrected chi connectivity index (χ4v) is 4.41. The van der Waals surface area contributed by atoms with Gasteiger partial charge in [-0.05, 0) is 48.4 Å².